The molecule has 0 saturated carbocycles. The van der Waals surface area contributed by atoms with E-state index in [1.807, 2.05) is 7.05 Å². The SMILES string of the molecule is CNCCOCCOCCOCCOC(=O)CCC(=O)C(=O)O. The van der Waals surface area contributed by atoms with Crippen molar-refractivity contribution in [3.05, 3.63) is 0 Å². The Hall–Kier alpha value is -1.55. The van der Waals surface area contributed by atoms with E-state index in [1.165, 1.54) is 0 Å². The second-order valence-electron chi connectivity index (χ2n) is 4.39. The minimum absolute atomic E-state index is 0.0488. The predicted molar refractivity (Wildman–Crippen MR) is 79.2 cm³/mol. The molecule has 9 nitrogen and oxygen atoms in total. The minimum Gasteiger partial charge on any atom is -0.476 e. The van der Waals surface area contributed by atoms with Crippen LogP contribution in [0.2, 0.25) is 0 Å². The number of carbonyl (C=O) groups excluding carboxylic acids is 2. The van der Waals surface area contributed by atoms with E-state index >= 15 is 0 Å². The number of ketones is 1. The number of hydrogen-bond donors (Lipinski definition) is 2. The van der Waals surface area contributed by atoms with E-state index in [0.29, 0.717) is 33.0 Å². The zero-order chi connectivity index (χ0) is 17.3. The van der Waals surface area contributed by atoms with Crippen molar-refractivity contribution in [1.29, 1.82) is 0 Å². The summed E-state index contributed by atoms with van der Waals surface area (Å²) in [5.41, 5.74) is 0. The van der Waals surface area contributed by atoms with E-state index in [9.17, 15) is 14.4 Å². The Kier molecular flexibility index (Phi) is 14.3. The molecule has 23 heavy (non-hydrogen) atoms. The van der Waals surface area contributed by atoms with Crippen molar-refractivity contribution in [2.24, 2.45) is 0 Å². The van der Waals surface area contributed by atoms with Gasteiger partial charge < -0.3 is 29.4 Å². The van der Waals surface area contributed by atoms with E-state index in [4.69, 9.17) is 24.1 Å². The second-order valence-corrected chi connectivity index (χ2v) is 4.39. The third kappa shape index (κ3) is 15.1. The van der Waals surface area contributed by atoms with Crippen LogP contribution in [0, 0.1) is 0 Å². The zero-order valence-corrected chi connectivity index (χ0v) is 13.4. The van der Waals surface area contributed by atoms with Gasteiger partial charge in [0, 0.05) is 13.0 Å². The molecule has 0 aliphatic heterocycles. The fourth-order valence-corrected chi connectivity index (χ4v) is 1.33. The average molecular weight is 335 g/mol. The number of Topliss-reactive ketones (excluding diaryl/α,β-unsaturated/α-hetero) is 1. The fourth-order valence-electron chi connectivity index (χ4n) is 1.33. The quantitative estimate of drug-likeness (QED) is 0.213. The number of hydrogen-bond acceptors (Lipinski definition) is 8. The van der Waals surface area contributed by atoms with Gasteiger partial charge in [-0.25, -0.2) is 4.79 Å². The Morgan fingerprint density at radius 1 is 0.826 bits per heavy atom. The molecule has 0 saturated heterocycles. The van der Waals surface area contributed by atoms with Crippen LogP contribution < -0.4 is 5.32 Å². The number of carboxylic acids is 1. The van der Waals surface area contributed by atoms with Crippen LogP contribution in [0.25, 0.3) is 0 Å². The first kappa shape index (κ1) is 21.4. The smallest absolute Gasteiger partial charge is 0.372 e. The van der Waals surface area contributed by atoms with Crippen LogP contribution in [0.1, 0.15) is 12.8 Å². The van der Waals surface area contributed by atoms with Crippen LogP contribution >= 0.6 is 0 Å². The van der Waals surface area contributed by atoms with Gasteiger partial charge in [-0.3, -0.25) is 9.59 Å². The first-order valence-electron chi connectivity index (χ1n) is 7.37. The van der Waals surface area contributed by atoms with Crippen LogP contribution in [0.5, 0.6) is 0 Å². The molecule has 0 aromatic carbocycles. The number of esters is 1. The van der Waals surface area contributed by atoms with E-state index in [0.717, 1.165) is 6.54 Å². The van der Waals surface area contributed by atoms with Gasteiger partial charge in [0.25, 0.3) is 0 Å². The number of rotatable bonds is 16. The maximum Gasteiger partial charge on any atom is 0.372 e. The summed E-state index contributed by atoms with van der Waals surface area (Å²) < 4.78 is 20.5. The summed E-state index contributed by atoms with van der Waals surface area (Å²) in [4.78, 5) is 32.2. The van der Waals surface area contributed by atoms with Gasteiger partial charge in [-0.2, -0.15) is 0 Å². The van der Waals surface area contributed by atoms with E-state index in [2.05, 4.69) is 5.32 Å². The van der Waals surface area contributed by atoms with E-state index in [1.54, 1.807) is 0 Å². The Morgan fingerprint density at radius 2 is 1.35 bits per heavy atom. The van der Waals surface area contributed by atoms with Crippen LogP contribution in [-0.4, -0.2) is 82.7 Å². The molecule has 0 aliphatic rings. The van der Waals surface area contributed by atoms with Gasteiger partial charge in [0.05, 0.1) is 46.1 Å². The number of carbonyl (C=O) groups is 3. The summed E-state index contributed by atoms with van der Waals surface area (Å²) in [6.45, 7) is 3.48. The maximum atomic E-state index is 11.2. The summed E-state index contributed by atoms with van der Waals surface area (Å²) in [5, 5.41) is 11.3. The summed E-state index contributed by atoms with van der Waals surface area (Å²) >= 11 is 0. The molecule has 0 fully saturated rings. The van der Waals surface area contributed by atoms with Gasteiger partial charge in [-0.05, 0) is 7.05 Å². The lowest BCUT2D eigenvalue weighted by atomic mass is 10.2. The highest BCUT2D eigenvalue weighted by Crippen LogP contribution is 1.95. The standard InChI is InChI=1S/C14H25NO8/c1-15-4-5-20-6-7-21-8-9-22-10-11-23-13(17)3-2-12(16)14(18)19/h15H,2-11H2,1H3,(H,18,19). The Balaban J connectivity index is 3.25. The highest BCUT2D eigenvalue weighted by molar-refractivity contribution is 6.32. The van der Waals surface area contributed by atoms with Crippen molar-refractivity contribution >= 4 is 17.7 Å². The number of aliphatic carboxylic acids is 1. The molecule has 0 heterocycles. The first-order valence-corrected chi connectivity index (χ1v) is 7.37. The molecular formula is C14H25NO8. The van der Waals surface area contributed by atoms with Gasteiger partial charge in [0.15, 0.2) is 0 Å². The molecule has 134 valence electrons. The predicted octanol–water partition coefficient (Wildman–Crippen LogP) is -0.767. The van der Waals surface area contributed by atoms with Gasteiger partial charge >= 0.3 is 11.9 Å². The first-order chi connectivity index (χ1) is 11.1. The summed E-state index contributed by atoms with van der Waals surface area (Å²) in [6.07, 6.45) is -0.610. The van der Waals surface area contributed by atoms with Crippen molar-refractivity contribution in [3.63, 3.8) is 0 Å². The average Bonchev–Trinajstić information content (AvgIpc) is 2.53. The van der Waals surface area contributed by atoms with Crippen molar-refractivity contribution in [2.75, 3.05) is 59.8 Å². The number of ether oxygens (including phenoxy) is 4. The third-order valence-corrected chi connectivity index (χ3v) is 2.53. The second kappa shape index (κ2) is 15.3. The highest BCUT2D eigenvalue weighted by Gasteiger charge is 2.13. The van der Waals surface area contributed by atoms with Gasteiger partial charge in [0.1, 0.15) is 6.61 Å². The summed E-state index contributed by atoms with van der Waals surface area (Å²) in [6, 6.07) is 0. The lowest BCUT2D eigenvalue weighted by Crippen LogP contribution is -2.17. The third-order valence-electron chi connectivity index (χ3n) is 2.53. The molecule has 0 amide bonds. The number of nitrogens with one attached hydrogen (secondary N) is 1. The lowest BCUT2D eigenvalue weighted by Gasteiger charge is -2.07. The normalized spacial score (nSPS) is 10.5. The van der Waals surface area contributed by atoms with Crippen molar-refractivity contribution < 1.29 is 38.4 Å². The Bertz CT molecular complexity index is 348. The van der Waals surface area contributed by atoms with Gasteiger partial charge in [-0.1, -0.05) is 0 Å². The maximum absolute atomic E-state index is 11.2. The molecule has 2 N–H and O–H groups in total. The monoisotopic (exact) mass is 335 g/mol. The van der Waals surface area contributed by atoms with Gasteiger partial charge in [-0.15, -0.1) is 0 Å². The fraction of sp³-hybridized carbons (Fsp3) is 0.786. The lowest BCUT2D eigenvalue weighted by molar-refractivity contribution is -0.151. The Labute approximate surface area is 135 Å². The van der Waals surface area contributed by atoms with Crippen molar-refractivity contribution in [1.82, 2.24) is 5.32 Å². The molecule has 0 radical (unpaired) electrons. The molecule has 0 rings (SSSR count). The molecule has 9 heteroatoms. The van der Waals surface area contributed by atoms with Crippen LogP contribution in [0.4, 0.5) is 0 Å². The summed E-state index contributed by atoms with van der Waals surface area (Å²) in [5.74, 6) is -3.18. The van der Waals surface area contributed by atoms with E-state index in [-0.39, 0.29) is 26.1 Å². The van der Waals surface area contributed by atoms with Crippen LogP contribution in [-0.2, 0) is 33.3 Å². The molecule has 0 atom stereocenters. The van der Waals surface area contributed by atoms with Crippen molar-refractivity contribution in [2.45, 2.75) is 12.8 Å². The minimum atomic E-state index is -1.55. The van der Waals surface area contributed by atoms with Gasteiger partial charge in [0.2, 0.25) is 5.78 Å². The molecule has 0 aromatic rings. The molecule has 0 spiro atoms. The largest absolute Gasteiger partial charge is 0.476 e. The molecule has 0 unspecified atom stereocenters. The zero-order valence-electron chi connectivity index (χ0n) is 13.4. The van der Waals surface area contributed by atoms with Crippen LogP contribution in [0.3, 0.4) is 0 Å². The highest BCUT2D eigenvalue weighted by atomic mass is 16.6. The Morgan fingerprint density at radius 3 is 1.87 bits per heavy atom. The van der Waals surface area contributed by atoms with E-state index < -0.39 is 17.7 Å². The molecule has 0 aromatic heterocycles. The topological polar surface area (TPSA) is 120 Å². The molecule has 0 aliphatic carbocycles. The number of carboxylic acid groups (broad SMARTS) is 1. The van der Waals surface area contributed by atoms with Crippen LogP contribution in [0.15, 0.2) is 0 Å². The van der Waals surface area contributed by atoms with Crippen molar-refractivity contribution in [3.8, 4) is 0 Å². The molecule has 0 bridgehead atoms. The number of likely N-dealkylation sites (N-methyl/N-ethyl adjacent to an activating group) is 1. The summed E-state index contributed by atoms with van der Waals surface area (Å²) in [7, 11) is 1.85. The molecular weight excluding hydrogens is 310 g/mol.